The molecular weight excluding hydrogens is 298 g/mol. The summed E-state index contributed by atoms with van der Waals surface area (Å²) in [6.45, 7) is 1.20. The van der Waals surface area contributed by atoms with E-state index in [1.165, 1.54) is 0 Å². The second-order valence-electron chi connectivity index (χ2n) is 6.43. The Morgan fingerprint density at radius 3 is 2.78 bits per heavy atom. The zero-order chi connectivity index (χ0) is 16.0. The minimum Gasteiger partial charge on any atom is -0.481 e. The van der Waals surface area contributed by atoms with E-state index < -0.39 is 5.97 Å². The van der Waals surface area contributed by atoms with Gasteiger partial charge in [-0.15, -0.1) is 0 Å². The molecule has 1 aliphatic carbocycles. The lowest BCUT2D eigenvalue weighted by Crippen LogP contribution is -2.40. The van der Waals surface area contributed by atoms with Crippen LogP contribution in [0.15, 0.2) is 29.1 Å². The van der Waals surface area contributed by atoms with Gasteiger partial charge in [-0.25, -0.2) is 0 Å². The zero-order valence-corrected chi connectivity index (χ0v) is 12.5. The van der Waals surface area contributed by atoms with Crippen molar-refractivity contribution in [1.82, 2.24) is 15.1 Å². The molecule has 0 bridgehead atoms. The molecule has 1 saturated heterocycles. The first kappa shape index (κ1) is 14.0. The second-order valence-corrected chi connectivity index (χ2v) is 6.43. The van der Waals surface area contributed by atoms with Gasteiger partial charge >= 0.3 is 5.97 Å². The lowest BCUT2D eigenvalue weighted by atomic mass is 9.90. The molecule has 1 atom stereocenters. The molecule has 1 saturated carbocycles. The Morgan fingerprint density at radius 2 is 2.17 bits per heavy atom. The highest BCUT2D eigenvalue weighted by Gasteiger charge is 2.59. The van der Waals surface area contributed by atoms with Gasteiger partial charge in [0.15, 0.2) is 0 Å². The van der Waals surface area contributed by atoms with Gasteiger partial charge in [0.2, 0.25) is 0 Å². The van der Waals surface area contributed by atoms with Crippen LogP contribution in [0.1, 0.15) is 29.8 Å². The molecular formula is C16H17N3O4. The number of hydrogen-bond donors (Lipinski definition) is 2. The third-order valence-corrected chi connectivity index (χ3v) is 5.16. The predicted octanol–water partition coefficient (Wildman–Crippen LogP) is 2.00. The molecule has 2 N–H and O–H groups in total. The van der Waals surface area contributed by atoms with E-state index in [1.54, 1.807) is 29.6 Å². The Balaban J connectivity index is 1.42. The fourth-order valence-corrected chi connectivity index (χ4v) is 3.56. The molecule has 0 aromatic carbocycles. The number of carboxylic acids is 1. The van der Waals surface area contributed by atoms with E-state index in [2.05, 4.69) is 10.2 Å². The van der Waals surface area contributed by atoms with E-state index >= 15 is 0 Å². The molecule has 2 aromatic rings. The summed E-state index contributed by atoms with van der Waals surface area (Å²) in [5.41, 5.74) is 1.87. The summed E-state index contributed by atoms with van der Waals surface area (Å²) in [4.78, 5) is 25.4. The maximum atomic E-state index is 12.5. The molecule has 7 heteroatoms. The van der Waals surface area contributed by atoms with Gasteiger partial charge in [-0.1, -0.05) is 0 Å². The number of aliphatic carboxylic acids is 1. The standard InChI is InChI=1S/C16H17N3O4/c20-14(13-7-12(17-18-13)10-1-6-23-9-10)19-4-2-16(3-5-19)8-11(16)15(21)22/h1,6-7,9,11H,2-5,8H2,(H,17,18)(H,21,22). The van der Waals surface area contributed by atoms with E-state index in [4.69, 9.17) is 9.52 Å². The van der Waals surface area contributed by atoms with Crippen LogP contribution in [0.25, 0.3) is 11.3 Å². The van der Waals surface area contributed by atoms with Gasteiger partial charge in [-0.3, -0.25) is 14.7 Å². The summed E-state index contributed by atoms with van der Waals surface area (Å²) in [5, 5.41) is 16.0. The number of likely N-dealkylation sites (tertiary alicyclic amines) is 1. The Bertz CT molecular complexity index is 741. The summed E-state index contributed by atoms with van der Waals surface area (Å²) < 4.78 is 5.02. The number of aromatic nitrogens is 2. The summed E-state index contributed by atoms with van der Waals surface area (Å²) in [5.74, 6) is -1.02. The molecule has 3 heterocycles. The number of rotatable bonds is 3. The minimum atomic E-state index is -0.705. The fourth-order valence-electron chi connectivity index (χ4n) is 3.56. The summed E-state index contributed by atoms with van der Waals surface area (Å²) in [7, 11) is 0. The average Bonchev–Trinajstić information content (AvgIpc) is 2.98. The number of hydrogen-bond acceptors (Lipinski definition) is 4. The number of nitrogens with zero attached hydrogens (tertiary/aromatic N) is 2. The number of amides is 1. The number of H-pyrrole nitrogens is 1. The summed E-state index contributed by atoms with van der Waals surface area (Å²) in [6, 6.07) is 3.50. The minimum absolute atomic E-state index is 0.0709. The molecule has 23 heavy (non-hydrogen) atoms. The van der Waals surface area contributed by atoms with Crippen LogP contribution in [0.4, 0.5) is 0 Å². The highest BCUT2D eigenvalue weighted by molar-refractivity contribution is 5.93. The van der Waals surface area contributed by atoms with Gasteiger partial charge in [0.1, 0.15) is 5.69 Å². The topological polar surface area (TPSA) is 99.4 Å². The van der Waals surface area contributed by atoms with Gasteiger partial charge < -0.3 is 14.4 Å². The van der Waals surface area contributed by atoms with Gasteiger partial charge in [-0.05, 0) is 36.8 Å². The van der Waals surface area contributed by atoms with Crippen LogP contribution in [0.3, 0.4) is 0 Å². The van der Waals surface area contributed by atoms with Crippen LogP contribution < -0.4 is 0 Å². The maximum Gasteiger partial charge on any atom is 0.307 e. The van der Waals surface area contributed by atoms with E-state index in [1.807, 2.05) is 0 Å². The van der Waals surface area contributed by atoms with Crippen molar-refractivity contribution in [2.75, 3.05) is 13.1 Å². The van der Waals surface area contributed by atoms with Crippen molar-refractivity contribution >= 4 is 11.9 Å². The number of carboxylic acid groups (broad SMARTS) is 1. The van der Waals surface area contributed by atoms with Gasteiger partial charge in [0.05, 0.1) is 24.1 Å². The number of aromatic amines is 1. The van der Waals surface area contributed by atoms with Crippen LogP contribution in [0.5, 0.6) is 0 Å². The molecule has 2 aromatic heterocycles. The van der Waals surface area contributed by atoms with Crippen molar-refractivity contribution in [1.29, 1.82) is 0 Å². The third-order valence-electron chi connectivity index (χ3n) is 5.16. The van der Waals surface area contributed by atoms with E-state index in [9.17, 15) is 9.59 Å². The van der Waals surface area contributed by atoms with Crippen molar-refractivity contribution in [2.45, 2.75) is 19.3 Å². The van der Waals surface area contributed by atoms with Crippen LogP contribution in [-0.4, -0.2) is 45.2 Å². The first-order chi connectivity index (χ1) is 11.1. The quantitative estimate of drug-likeness (QED) is 0.902. The Hall–Kier alpha value is -2.57. The molecule has 7 nitrogen and oxygen atoms in total. The van der Waals surface area contributed by atoms with Gasteiger partial charge in [0, 0.05) is 18.7 Å². The largest absolute Gasteiger partial charge is 0.481 e. The Labute approximate surface area is 132 Å². The number of carbonyl (C=O) groups excluding carboxylic acids is 1. The van der Waals surface area contributed by atoms with Crippen LogP contribution >= 0.6 is 0 Å². The summed E-state index contributed by atoms with van der Waals surface area (Å²) >= 11 is 0. The fraction of sp³-hybridized carbons (Fsp3) is 0.438. The molecule has 1 aliphatic heterocycles. The number of nitrogens with one attached hydrogen (secondary N) is 1. The van der Waals surface area contributed by atoms with E-state index in [0.29, 0.717) is 24.5 Å². The lowest BCUT2D eigenvalue weighted by Gasteiger charge is -2.32. The predicted molar refractivity (Wildman–Crippen MR) is 79.6 cm³/mol. The van der Waals surface area contributed by atoms with Gasteiger partial charge in [-0.2, -0.15) is 5.10 Å². The summed E-state index contributed by atoms with van der Waals surface area (Å²) in [6.07, 6.45) is 5.41. The first-order valence-corrected chi connectivity index (χ1v) is 7.69. The highest BCUT2D eigenvalue weighted by atomic mass is 16.4. The molecule has 1 spiro atoms. The van der Waals surface area contributed by atoms with Crippen molar-refractivity contribution in [3.8, 4) is 11.3 Å². The zero-order valence-electron chi connectivity index (χ0n) is 12.5. The van der Waals surface area contributed by atoms with Gasteiger partial charge in [0.25, 0.3) is 5.91 Å². The molecule has 1 amide bonds. The highest BCUT2D eigenvalue weighted by Crippen LogP contribution is 2.59. The normalized spacial score (nSPS) is 22.3. The van der Waals surface area contributed by atoms with Crippen LogP contribution in [0.2, 0.25) is 0 Å². The molecule has 1 unspecified atom stereocenters. The molecule has 2 aliphatic rings. The average molecular weight is 315 g/mol. The molecule has 4 rings (SSSR count). The smallest absolute Gasteiger partial charge is 0.307 e. The first-order valence-electron chi connectivity index (χ1n) is 7.69. The maximum absolute atomic E-state index is 12.5. The number of carbonyl (C=O) groups is 2. The van der Waals surface area contributed by atoms with E-state index in [-0.39, 0.29) is 17.2 Å². The van der Waals surface area contributed by atoms with E-state index in [0.717, 1.165) is 24.8 Å². The van der Waals surface area contributed by atoms with Crippen molar-refractivity contribution in [3.05, 3.63) is 30.4 Å². The van der Waals surface area contributed by atoms with Crippen LogP contribution in [0, 0.1) is 11.3 Å². The lowest BCUT2D eigenvalue weighted by molar-refractivity contribution is -0.139. The SMILES string of the molecule is O=C(O)C1CC12CCN(C(=O)c1cc(-c3ccoc3)n[nH]1)CC2. The second kappa shape index (κ2) is 4.97. The monoisotopic (exact) mass is 315 g/mol. The molecule has 2 fully saturated rings. The molecule has 0 radical (unpaired) electrons. The molecule has 120 valence electrons. The Morgan fingerprint density at radius 1 is 1.39 bits per heavy atom. The Kier molecular flexibility index (Phi) is 3.04. The van der Waals surface area contributed by atoms with Crippen molar-refractivity contribution < 1.29 is 19.1 Å². The number of furan rings is 1. The third kappa shape index (κ3) is 2.32. The van der Waals surface area contributed by atoms with Crippen molar-refractivity contribution in [2.24, 2.45) is 11.3 Å². The van der Waals surface area contributed by atoms with Crippen LogP contribution in [-0.2, 0) is 4.79 Å². The number of piperidine rings is 1. The van der Waals surface area contributed by atoms with Crippen molar-refractivity contribution in [3.63, 3.8) is 0 Å².